The minimum atomic E-state index is -4.41. The summed E-state index contributed by atoms with van der Waals surface area (Å²) in [6.45, 7) is 5.80. The number of carbonyl (C=O) groups excluding carboxylic acids is 1. The van der Waals surface area contributed by atoms with Gasteiger partial charge in [-0.2, -0.15) is 18.4 Å². The van der Waals surface area contributed by atoms with Crippen LogP contribution in [0.3, 0.4) is 0 Å². The fourth-order valence-corrected chi connectivity index (χ4v) is 3.18. The molecule has 33 heavy (non-hydrogen) atoms. The van der Waals surface area contributed by atoms with Crippen molar-refractivity contribution in [2.75, 3.05) is 18.4 Å². The summed E-state index contributed by atoms with van der Waals surface area (Å²) < 4.78 is 49.7. The predicted octanol–water partition coefficient (Wildman–Crippen LogP) is 3.98. The lowest BCUT2D eigenvalue weighted by molar-refractivity contribution is -0.137. The molecule has 2 atom stereocenters. The summed E-state index contributed by atoms with van der Waals surface area (Å²) in [4.78, 5) is 22.2. The molecule has 0 radical (unpaired) electrons. The number of nitrogens with one attached hydrogen (secondary N) is 1. The number of halogens is 3. The van der Waals surface area contributed by atoms with Gasteiger partial charge in [0.2, 0.25) is 5.95 Å². The zero-order valence-corrected chi connectivity index (χ0v) is 18.4. The highest BCUT2D eigenvalue weighted by Gasteiger charge is 2.38. The van der Waals surface area contributed by atoms with E-state index < -0.39 is 35.6 Å². The third kappa shape index (κ3) is 6.79. The van der Waals surface area contributed by atoms with E-state index in [2.05, 4.69) is 15.3 Å². The van der Waals surface area contributed by atoms with E-state index in [9.17, 15) is 18.0 Å². The summed E-state index contributed by atoms with van der Waals surface area (Å²) in [6, 6.07) is 6.25. The van der Waals surface area contributed by atoms with Gasteiger partial charge >= 0.3 is 12.3 Å². The Morgan fingerprint density at radius 3 is 2.36 bits per heavy atom. The van der Waals surface area contributed by atoms with E-state index in [0.29, 0.717) is 11.1 Å². The number of rotatable bonds is 5. The first-order valence-electron chi connectivity index (χ1n) is 10.2. The molecular formula is C22H24F3N5O3. The van der Waals surface area contributed by atoms with Crippen molar-refractivity contribution in [1.29, 1.82) is 5.26 Å². The number of aromatic nitrogens is 2. The standard InChI is InChI=1S/C22H24F3N5O3/c1-21(2,3)33-20(31)30-11-17(29-19-27-9-15(8-26)10-28-19)18(12-30)32-13-14-4-6-16(7-5-14)22(23,24)25/h4-7,9-10,17-18H,11-13H2,1-3H3,(H,27,28,29)/t17-,18-/m1/s1. The summed E-state index contributed by atoms with van der Waals surface area (Å²) >= 11 is 0. The van der Waals surface area contributed by atoms with Crippen LogP contribution in [0, 0.1) is 11.3 Å². The third-order valence-corrected chi connectivity index (χ3v) is 4.76. The van der Waals surface area contributed by atoms with Crippen LogP contribution in [0.2, 0.25) is 0 Å². The first kappa shape index (κ1) is 24.3. The normalized spacial score (nSPS) is 18.6. The maximum Gasteiger partial charge on any atom is 0.416 e. The van der Waals surface area contributed by atoms with Gasteiger partial charge in [0.1, 0.15) is 11.7 Å². The number of hydrogen-bond acceptors (Lipinski definition) is 7. The van der Waals surface area contributed by atoms with E-state index in [-0.39, 0.29) is 25.6 Å². The highest BCUT2D eigenvalue weighted by molar-refractivity contribution is 5.69. The van der Waals surface area contributed by atoms with Crippen LogP contribution in [-0.2, 0) is 22.3 Å². The lowest BCUT2D eigenvalue weighted by Crippen LogP contribution is -2.36. The van der Waals surface area contributed by atoms with Crippen LogP contribution in [0.25, 0.3) is 0 Å². The van der Waals surface area contributed by atoms with Crippen LogP contribution in [-0.4, -0.2) is 51.8 Å². The van der Waals surface area contributed by atoms with E-state index in [1.165, 1.54) is 29.4 Å². The first-order chi connectivity index (χ1) is 15.4. The largest absolute Gasteiger partial charge is 0.444 e. The van der Waals surface area contributed by atoms with Crippen molar-refractivity contribution in [2.24, 2.45) is 0 Å². The highest BCUT2D eigenvalue weighted by Crippen LogP contribution is 2.29. The second kappa shape index (κ2) is 9.62. The van der Waals surface area contributed by atoms with Crippen molar-refractivity contribution in [3.8, 4) is 6.07 Å². The number of anilines is 1. The van der Waals surface area contributed by atoms with E-state index in [1.54, 1.807) is 20.8 Å². The smallest absolute Gasteiger partial charge is 0.416 e. The topological polar surface area (TPSA) is 100 Å². The summed E-state index contributed by atoms with van der Waals surface area (Å²) in [5.41, 5.74) is -0.541. The molecule has 176 valence electrons. The molecule has 0 bridgehead atoms. The van der Waals surface area contributed by atoms with Crippen LogP contribution in [0.1, 0.15) is 37.5 Å². The van der Waals surface area contributed by atoms with E-state index >= 15 is 0 Å². The second-order valence-electron chi connectivity index (χ2n) is 8.59. The molecule has 0 saturated carbocycles. The molecule has 1 fully saturated rings. The number of likely N-dealkylation sites (tertiary alicyclic amines) is 1. The Morgan fingerprint density at radius 2 is 1.82 bits per heavy atom. The Hall–Kier alpha value is -3.39. The number of nitriles is 1. The summed E-state index contributed by atoms with van der Waals surface area (Å²) in [5, 5.41) is 12.0. The molecule has 1 amide bonds. The average molecular weight is 463 g/mol. The molecule has 0 unspecified atom stereocenters. The van der Waals surface area contributed by atoms with E-state index in [1.807, 2.05) is 6.07 Å². The van der Waals surface area contributed by atoms with Gasteiger partial charge in [0.05, 0.1) is 48.8 Å². The molecule has 2 heterocycles. The summed E-state index contributed by atoms with van der Waals surface area (Å²) in [7, 11) is 0. The highest BCUT2D eigenvalue weighted by atomic mass is 19.4. The molecule has 0 spiro atoms. The second-order valence-corrected chi connectivity index (χ2v) is 8.59. The first-order valence-corrected chi connectivity index (χ1v) is 10.2. The monoisotopic (exact) mass is 463 g/mol. The number of hydrogen-bond donors (Lipinski definition) is 1. The Morgan fingerprint density at radius 1 is 1.18 bits per heavy atom. The summed E-state index contributed by atoms with van der Waals surface area (Å²) in [6.07, 6.45) is -2.67. The van der Waals surface area contributed by atoms with Crippen molar-refractivity contribution in [2.45, 2.75) is 51.3 Å². The Kier molecular flexibility index (Phi) is 7.07. The Bertz CT molecular complexity index is 998. The van der Waals surface area contributed by atoms with Crippen LogP contribution >= 0.6 is 0 Å². The van der Waals surface area contributed by atoms with Crippen LogP contribution in [0.5, 0.6) is 0 Å². The predicted molar refractivity (Wildman–Crippen MR) is 112 cm³/mol. The quantitative estimate of drug-likeness (QED) is 0.716. The number of carbonyl (C=O) groups is 1. The van der Waals surface area contributed by atoms with Crippen molar-refractivity contribution in [3.63, 3.8) is 0 Å². The number of nitrogens with zero attached hydrogens (tertiary/aromatic N) is 4. The number of amides is 1. The number of ether oxygens (including phenoxy) is 2. The molecule has 1 aliphatic rings. The van der Waals surface area contributed by atoms with Gasteiger partial charge in [-0.15, -0.1) is 0 Å². The molecule has 8 nitrogen and oxygen atoms in total. The van der Waals surface area contributed by atoms with Gasteiger partial charge in [0.25, 0.3) is 0 Å². The SMILES string of the molecule is CC(C)(C)OC(=O)N1C[C@@H](Nc2ncc(C#N)cn2)[C@H](OCc2ccc(C(F)(F)F)cc2)C1. The molecule has 1 aromatic carbocycles. The van der Waals surface area contributed by atoms with Gasteiger partial charge in [0.15, 0.2) is 0 Å². The van der Waals surface area contributed by atoms with Gasteiger partial charge < -0.3 is 19.7 Å². The molecular weight excluding hydrogens is 439 g/mol. The third-order valence-electron chi connectivity index (χ3n) is 4.76. The molecule has 1 aliphatic heterocycles. The maximum absolute atomic E-state index is 12.8. The van der Waals surface area contributed by atoms with Crippen molar-refractivity contribution < 1.29 is 27.4 Å². The van der Waals surface area contributed by atoms with Crippen molar-refractivity contribution in [3.05, 3.63) is 53.3 Å². The lowest BCUT2D eigenvalue weighted by atomic mass is 10.1. The minimum Gasteiger partial charge on any atom is -0.444 e. The number of benzene rings is 1. The zero-order valence-electron chi connectivity index (χ0n) is 18.4. The molecule has 3 rings (SSSR count). The van der Waals surface area contributed by atoms with E-state index in [4.69, 9.17) is 14.7 Å². The van der Waals surface area contributed by atoms with E-state index in [0.717, 1.165) is 12.1 Å². The van der Waals surface area contributed by atoms with Crippen LogP contribution in [0.4, 0.5) is 23.9 Å². The lowest BCUT2D eigenvalue weighted by Gasteiger charge is -2.24. The molecule has 0 aliphatic carbocycles. The van der Waals surface area contributed by atoms with Crippen LogP contribution < -0.4 is 5.32 Å². The number of alkyl halides is 3. The van der Waals surface area contributed by atoms with Crippen molar-refractivity contribution >= 4 is 12.0 Å². The molecule has 2 aromatic rings. The fourth-order valence-electron chi connectivity index (χ4n) is 3.18. The van der Waals surface area contributed by atoms with Crippen molar-refractivity contribution in [1.82, 2.24) is 14.9 Å². The maximum atomic E-state index is 12.8. The summed E-state index contributed by atoms with van der Waals surface area (Å²) in [5.74, 6) is 0.258. The van der Waals surface area contributed by atoms with Gasteiger partial charge in [-0.25, -0.2) is 14.8 Å². The Balaban J connectivity index is 1.70. The Labute approximate surface area is 189 Å². The van der Waals surface area contributed by atoms with Crippen LogP contribution in [0.15, 0.2) is 36.7 Å². The van der Waals surface area contributed by atoms with Gasteiger partial charge in [-0.05, 0) is 38.5 Å². The minimum absolute atomic E-state index is 0.0529. The van der Waals surface area contributed by atoms with Gasteiger partial charge in [-0.3, -0.25) is 0 Å². The van der Waals surface area contributed by atoms with Gasteiger partial charge in [-0.1, -0.05) is 12.1 Å². The molecule has 1 N–H and O–H groups in total. The zero-order chi connectivity index (χ0) is 24.2. The average Bonchev–Trinajstić information content (AvgIpc) is 3.14. The fraction of sp³-hybridized carbons (Fsp3) is 0.455. The van der Waals surface area contributed by atoms with Gasteiger partial charge in [0, 0.05) is 6.54 Å². The molecule has 1 saturated heterocycles. The molecule has 1 aromatic heterocycles. The molecule has 11 heteroatoms.